The molecule has 1 heterocycles. The number of aliphatic carboxylic acids is 1. The molecule has 5 rings (SSSR count). The van der Waals surface area contributed by atoms with Crippen LogP contribution in [0.3, 0.4) is 0 Å². The van der Waals surface area contributed by atoms with E-state index >= 15 is 0 Å². The van der Waals surface area contributed by atoms with E-state index in [1.165, 1.54) is 11.1 Å². The van der Waals surface area contributed by atoms with Gasteiger partial charge >= 0.3 is 12.1 Å². The maximum absolute atomic E-state index is 12.6. The van der Waals surface area contributed by atoms with Crippen molar-refractivity contribution in [3.8, 4) is 11.1 Å². The van der Waals surface area contributed by atoms with E-state index in [0.29, 0.717) is 25.5 Å². The first-order chi connectivity index (χ1) is 17.0. The first-order valence-electron chi connectivity index (χ1n) is 12.2. The third-order valence-corrected chi connectivity index (χ3v) is 7.27. The minimum atomic E-state index is -1.07. The second kappa shape index (κ2) is 10.1. The third kappa shape index (κ3) is 5.17. The molecule has 2 aromatic carbocycles. The number of fused-ring (bicyclic) bond motifs is 3. The monoisotopic (exact) mass is 478 g/mol. The molecular weight excluding hydrogens is 448 g/mol. The lowest BCUT2D eigenvalue weighted by atomic mass is 9.98. The molecular formula is C27H30N2O6. The number of alkyl carbamates (subject to hydrolysis) is 1. The average molecular weight is 479 g/mol. The maximum Gasteiger partial charge on any atom is 0.407 e. The number of carboxylic acid groups (broad SMARTS) is 1. The van der Waals surface area contributed by atoms with E-state index in [4.69, 9.17) is 9.47 Å². The van der Waals surface area contributed by atoms with Crippen molar-refractivity contribution < 1.29 is 29.0 Å². The first-order valence-corrected chi connectivity index (χ1v) is 12.2. The van der Waals surface area contributed by atoms with Crippen molar-refractivity contribution in [2.75, 3.05) is 19.8 Å². The lowest BCUT2D eigenvalue weighted by molar-refractivity contribution is -0.148. The molecule has 0 radical (unpaired) electrons. The number of rotatable bonds is 9. The zero-order chi connectivity index (χ0) is 24.4. The number of carboxylic acids is 1. The zero-order valence-electron chi connectivity index (χ0n) is 19.4. The van der Waals surface area contributed by atoms with E-state index in [9.17, 15) is 19.5 Å². The van der Waals surface area contributed by atoms with Gasteiger partial charge in [0.2, 0.25) is 5.91 Å². The Kier molecular flexibility index (Phi) is 6.72. The smallest absolute Gasteiger partial charge is 0.407 e. The van der Waals surface area contributed by atoms with Crippen molar-refractivity contribution in [3.63, 3.8) is 0 Å². The predicted molar refractivity (Wildman–Crippen MR) is 128 cm³/mol. The van der Waals surface area contributed by atoms with Crippen molar-refractivity contribution in [1.29, 1.82) is 0 Å². The summed E-state index contributed by atoms with van der Waals surface area (Å²) in [5, 5.41) is 14.9. The molecule has 184 valence electrons. The van der Waals surface area contributed by atoms with Gasteiger partial charge in [-0.05, 0) is 53.4 Å². The molecule has 35 heavy (non-hydrogen) atoms. The van der Waals surface area contributed by atoms with E-state index in [2.05, 4.69) is 34.9 Å². The van der Waals surface area contributed by atoms with E-state index in [1.54, 1.807) is 0 Å². The summed E-state index contributed by atoms with van der Waals surface area (Å²) in [6, 6.07) is 15.9. The molecule has 8 heteroatoms. The van der Waals surface area contributed by atoms with Crippen LogP contribution < -0.4 is 10.6 Å². The Morgan fingerprint density at radius 1 is 1.00 bits per heavy atom. The summed E-state index contributed by atoms with van der Waals surface area (Å²) in [6.07, 6.45) is 1.26. The van der Waals surface area contributed by atoms with Crippen molar-refractivity contribution in [1.82, 2.24) is 10.6 Å². The molecule has 1 saturated heterocycles. The van der Waals surface area contributed by atoms with Gasteiger partial charge in [0.25, 0.3) is 0 Å². The molecule has 1 unspecified atom stereocenters. The number of ether oxygens (including phenoxy) is 2. The molecule has 2 amide bonds. The summed E-state index contributed by atoms with van der Waals surface area (Å²) < 4.78 is 10.8. The van der Waals surface area contributed by atoms with Gasteiger partial charge in [0.15, 0.2) is 6.10 Å². The van der Waals surface area contributed by atoms with E-state index < -0.39 is 24.2 Å². The summed E-state index contributed by atoms with van der Waals surface area (Å²) in [5.41, 5.74) is 4.67. The second-order valence-electron chi connectivity index (χ2n) is 9.60. The molecule has 0 aromatic heterocycles. The van der Waals surface area contributed by atoms with Gasteiger partial charge < -0.3 is 25.2 Å². The van der Waals surface area contributed by atoms with Crippen LogP contribution in [0.25, 0.3) is 11.1 Å². The molecule has 0 bridgehead atoms. The number of carbonyl (C=O) groups excluding carboxylic acids is 2. The molecule has 1 aliphatic heterocycles. The van der Waals surface area contributed by atoms with Crippen LogP contribution in [0.4, 0.5) is 4.79 Å². The van der Waals surface area contributed by atoms with Crippen LogP contribution >= 0.6 is 0 Å². The number of carbonyl (C=O) groups is 3. The van der Waals surface area contributed by atoms with Crippen molar-refractivity contribution in [2.24, 2.45) is 11.8 Å². The lowest BCUT2D eigenvalue weighted by Gasteiger charge is -2.20. The Bertz CT molecular complexity index is 1070. The number of hydrogen-bond donors (Lipinski definition) is 3. The topological polar surface area (TPSA) is 114 Å². The fourth-order valence-electron chi connectivity index (χ4n) is 5.32. The summed E-state index contributed by atoms with van der Waals surface area (Å²) in [5.74, 6) is -0.916. The molecule has 2 fully saturated rings. The molecule has 3 atom stereocenters. The van der Waals surface area contributed by atoms with Gasteiger partial charge in [-0.3, -0.25) is 4.79 Å². The van der Waals surface area contributed by atoms with Gasteiger partial charge in [0, 0.05) is 25.5 Å². The Labute approximate surface area is 204 Å². The number of nitrogens with one attached hydrogen (secondary N) is 2. The summed E-state index contributed by atoms with van der Waals surface area (Å²) in [6.45, 7) is 0.905. The van der Waals surface area contributed by atoms with Crippen molar-refractivity contribution in [2.45, 2.75) is 43.7 Å². The number of amides is 2. The Morgan fingerprint density at radius 3 is 2.29 bits per heavy atom. The maximum atomic E-state index is 12.6. The van der Waals surface area contributed by atoms with Gasteiger partial charge in [-0.2, -0.15) is 0 Å². The highest BCUT2D eigenvalue weighted by Crippen LogP contribution is 2.44. The summed E-state index contributed by atoms with van der Waals surface area (Å²) in [4.78, 5) is 36.4. The number of benzene rings is 2. The summed E-state index contributed by atoms with van der Waals surface area (Å²) >= 11 is 0. The molecule has 1 saturated carbocycles. The zero-order valence-corrected chi connectivity index (χ0v) is 19.4. The lowest BCUT2D eigenvalue weighted by Crippen LogP contribution is -2.45. The Balaban J connectivity index is 1.13. The van der Waals surface area contributed by atoms with Gasteiger partial charge in [0.1, 0.15) is 6.61 Å². The standard InChI is InChI=1S/C27H30N2O6/c30-24(29-23-11-12-34-25(23)26(31)32)13-17(16-9-10-16)14-28-27(33)35-15-22-20-7-3-1-5-18(20)19-6-2-4-8-21(19)22/h1-8,16-17,22-23,25H,9-15H2,(H,28,33)(H,29,30)(H,31,32)/t17?,23-,25+/m0/s1. The van der Waals surface area contributed by atoms with Crippen LogP contribution in [-0.2, 0) is 19.1 Å². The fourth-order valence-corrected chi connectivity index (χ4v) is 5.32. The van der Waals surface area contributed by atoms with Crippen LogP contribution in [-0.4, -0.2) is 55.0 Å². The van der Waals surface area contributed by atoms with Gasteiger partial charge in [-0.15, -0.1) is 0 Å². The van der Waals surface area contributed by atoms with E-state index in [1.807, 2.05) is 24.3 Å². The van der Waals surface area contributed by atoms with Crippen LogP contribution in [0.2, 0.25) is 0 Å². The molecule has 0 spiro atoms. The highest BCUT2D eigenvalue weighted by molar-refractivity contribution is 5.80. The van der Waals surface area contributed by atoms with Crippen molar-refractivity contribution in [3.05, 3.63) is 59.7 Å². The quantitative estimate of drug-likeness (QED) is 0.510. The molecule has 2 aliphatic carbocycles. The molecule has 2 aromatic rings. The SMILES string of the molecule is O=C(CC(CNC(=O)OCC1c2ccccc2-c2ccccc21)C1CC1)N[C@H]1CCO[C@H]1C(=O)O. The molecule has 3 N–H and O–H groups in total. The predicted octanol–water partition coefficient (Wildman–Crippen LogP) is 3.30. The largest absolute Gasteiger partial charge is 0.479 e. The minimum absolute atomic E-state index is 0.00558. The fraction of sp³-hybridized carbons (Fsp3) is 0.444. The van der Waals surface area contributed by atoms with Crippen LogP contribution in [0, 0.1) is 11.8 Å². The summed E-state index contributed by atoms with van der Waals surface area (Å²) in [7, 11) is 0. The van der Waals surface area contributed by atoms with Gasteiger partial charge in [0.05, 0.1) is 6.04 Å². The Morgan fingerprint density at radius 2 is 1.66 bits per heavy atom. The second-order valence-corrected chi connectivity index (χ2v) is 9.60. The third-order valence-electron chi connectivity index (χ3n) is 7.27. The van der Waals surface area contributed by atoms with Gasteiger partial charge in [-0.25, -0.2) is 9.59 Å². The highest BCUT2D eigenvalue weighted by atomic mass is 16.5. The van der Waals surface area contributed by atoms with Crippen LogP contribution in [0.1, 0.15) is 42.7 Å². The van der Waals surface area contributed by atoms with Crippen LogP contribution in [0.15, 0.2) is 48.5 Å². The molecule has 3 aliphatic rings. The Hall–Kier alpha value is -3.39. The number of hydrogen-bond acceptors (Lipinski definition) is 5. The normalized spacial score (nSPS) is 21.6. The molecule has 8 nitrogen and oxygen atoms in total. The van der Waals surface area contributed by atoms with Crippen LogP contribution in [0.5, 0.6) is 0 Å². The van der Waals surface area contributed by atoms with E-state index in [-0.39, 0.29) is 30.8 Å². The van der Waals surface area contributed by atoms with Gasteiger partial charge in [-0.1, -0.05) is 48.5 Å². The first kappa shape index (κ1) is 23.4. The average Bonchev–Trinajstić information content (AvgIpc) is 3.51. The minimum Gasteiger partial charge on any atom is -0.479 e. The van der Waals surface area contributed by atoms with E-state index in [0.717, 1.165) is 24.0 Å². The van der Waals surface area contributed by atoms with Crippen molar-refractivity contribution >= 4 is 18.0 Å². The highest BCUT2D eigenvalue weighted by Gasteiger charge is 2.37.